The zero-order chi connectivity index (χ0) is 12.3. The van der Waals surface area contributed by atoms with Crippen molar-refractivity contribution in [2.24, 2.45) is 5.73 Å². The standard InChI is InChI=1S/C12H16N2OS/c1-8-4-9(2)6-10(5-8)12(15)14(3)7-11(13)16/h4-6H,7H2,1-3H3,(H2,13,16). The summed E-state index contributed by atoms with van der Waals surface area (Å²) in [5, 5.41) is 0. The van der Waals surface area contributed by atoms with Crippen LogP contribution >= 0.6 is 12.2 Å². The molecule has 0 saturated heterocycles. The van der Waals surface area contributed by atoms with Crippen LogP contribution in [0.4, 0.5) is 0 Å². The van der Waals surface area contributed by atoms with Crippen molar-refractivity contribution in [2.45, 2.75) is 13.8 Å². The second kappa shape index (κ2) is 5.07. The summed E-state index contributed by atoms with van der Waals surface area (Å²) in [4.78, 5) is 13.8. The van der Waals surface area contributed by atoms with Gasteiger partial charge < -0.3 is 10.6 Å². The Labute approximate surface area is 101 Å². The zero-order valence-corrected chi connectivity index (χ0v) is 10.6. The molecular weight excluding hydrogens is 220 g/mol. The SMILES string of the molecule is Cc1cc(C)cc(C(=O)N(C)CC(N)=S)c1. The number of nitrogens with zero attached hydrogens (tertiary/aromatic N) is 1. The van der Waals surface area contributed by atoms with Gasteiger partial charge in [0.25, 0.3) is 5.91 Å². The van der Waals surface area contributed by atoms with E-state index in [9.17, 15) is 4.79 Å². The summed E-state index contributed by atoms with van der Waals surface area (Å²) >= 11 is 4.78. The topological polar surface area (TPSA) is 46.3 Å². The van der Waals surface area contributed by atoms with Crippen molar-refractivity contribution in [1.82, 2.24) is 4.90 Å². The van der Waals surface area contributed by atoms with Crippen LogP contribution in [-0.4, -0.2) is 29.4 Å². The van der Waals surface area contributed by atoms with Gasteiger partial charge in [0.15, 0.2) is 0 Å². The molecule has 1 aromatic rings. The number of carbonyl (C=O) groups is 1. The second-order valence-corrected chi connectivity index (χ2v) is 4.53. The Kier molecular flexibility index (Phi) is 4.01. The van der Waals surface area contributed by atoms with Gasteiger partial charge in [-0.15, -0.1) is 0 Å². The molecule has 0 heterocycles. The number of rotatable bonds is 3. The first kappa shape index (κ1) is 12.6. The van der Waals surface area contributed by atoms with Crippen molar-refractivity contribution in [2.75, 3.05) is 13.6 Å². The smallest absolute Gasteiger partial charge is 0.253 e. The molecule has 0 saturated carbocycles. The minimum atomic E-state index is -0.0559. The van der Waals surface area contributed by atoms with E-state index in [0.29, 0.717) is 17.1 Å². The number of amides is 1. The molecule has 0 radical (unpaired) electrons. The predicted molar refractivity (Wildman–Crippen MR) is 69.7 cm³/mol. The van der Waals surface area contributed by atoms with E-state index >= 15 is 0 Å². The maximum atomic E-state index is 12.0. The van der Waals surface area contributed by atoms with E-state index in [0.717, 1.165) is 11.1 Å². The first-order valence-corrected chi connectivity index (χ1v) is 5.43. The summed E-state index contributed by atoms with van der Waals surface area (Å²) in [6.07, 6.45) is 0. The zero-order valence-electron chi connectivity index (χ0n) is 9.78. The highest BCUT2D eigenvalue weighted by Crippen LogP contribution is 2.10. The molecule has 16 heavy (non-hydrogen) atoms. The number of thiocarbonyl (C=S) groups is 1. The maximum absolute atomic E-state index is 12.0. The Balaban J connectivity index is 2.91. The number of aryl methyl sites for hydroxylation is 2. The molecule has 0 aromatic heterocycles. The predicted octanol–water partition coefficient (Wildman–Crippen LogP) is 1.66. The lowest BCUT2D eigenvalue weighted by Gasteiger charge is -2.16. The van der Waals surface area contributed by atoms with Gasteiger partial charge in [-0.05, 0) is 26.0 Å². The minimum Gasteiger partial charge on any atom is -0.392 e. The molecule has 0 atom stereocenters. The van der Waals surface area contributed by atoms with Gasteiger partial charge >= 0.3 is 0 Å². The highest BCUT2D eigenvalue weighted by Gasteiger charge is 2.12. The van der Waals surface area contributed by atoms with E-state index in [1.54, 1.807) is 7.05 Å². The molecule has 1 aromatic carbocycles. The van der Waals surface area contributed by atoms with Crippen LogP contribution in [0.1, 0.15) is 21.5 Å². The van der Waals surface area contributed by atoms with Crippen LogP contribution in [0.2, 0.25) is 0 Å². The van der Waals surface area contributed by atoms with Gasteiger partial charge in [-0.2, -0.15) is 0 Å². The van der Waals surface area contributed by atoms with Crippen LogP contribution in [0.5, 0.6) is 0 Å². The van der Waals surface area contributed by atoms with Gasteiger partial charge in [-0.3, -0.25) is 4.79 Å². The van der Waals surface area contributed by atoms with Crippen molar-refractivity contribution in [1.29, 1.82) is 0 Å². The molecule has 0 aliphatic heterocycles. The van der Waals surface area contributed by atoms with E-state index in [2.05, 4.69) is 0 Å². The fourth-order valence-corrected chi connectivity index (χ4v) is 1.82. The molecule has 2 N–H and O–H groups in total. The third-order valence-corrected chi connectivity index (χ3v) is 2.34. The van der Waals surface area contributed by atoms with Gasteiger partial charge in [-0.1, -0.05) is 29.4 Å². The third kappa shape index (κ3) is 3.31. The van der Waals surface area contributed by atoms with Crippen molar-refractivity contribution < 1.29 is 4.79 Å². The second-order valence-electron chi connectivity index (χ2n) is 4.00. The Hall–Kier alpha value is -1.42. The Morgan fingerprint density at radius 3 is 2.25 bits per heavy atom. The van der Waals surface area contributed by atoms with Gasteiger partial charge in [0.1, 0.15) is 0 Å². The molecule has 1 rings (SSSR count). The molecule has 3 nitrogen and oxygen atoms in total. The fraction of sp³-hybridized carbons (Fsp3) is 0.333. The first-order chi connectivity index (χ1) is 7.40. The highest BCUT2D eigenvalue weighted by molar-refractivity contribution is 7.80. The molecule has 0 fully saturated rings. The number of hydrogen-bond donors (Lipinski definition) is 1. The van der Waals surface area contributed by atoms with Crippen molar-refractivity contribution in [3.05, 3.63) is 34.9 Å². The van der Waals surface area contributed by atoms with Crippen molar-refractivity contribution >= 4 is 23.1 Å². The number of hydrogen-bond acceptors (Lipinski definition) is 2. The van der Waals surface area contributed by atoms with E-state index in [1.807, 2.05) is 32.0 Å². The summed E-state index contributed by atoms with van der Waals surface area (Å²) in [6.45, 7) is 4.25. The normalized spacial score (nSPS) is 9.94. The van der Waals surface area contributed by atoms with E-state index in [4.69, 9.17) is 18.0 Å². The minimum absolute atomic E-state index is 0.0559. The van der Waals surface area contributed by atoms with Crippen LogP contribution in [0.25, 0.3) is 0 Å². The Morgan fingerprint density at radius 1 is 1.31 bits per heavy atom. The van der Waals surface area contributed by atoms with Crippen molar-refractivity contribution in [3.63, 3.8) is 0 Å². The van der Waals surface area contributed by atoms with Crippen molar-refractivity contribution in [3.8, 4) is 0 Å². The van der Waals surface area contributed by atoms with Gasteiger partial charge in [-0.25, -0.2) is 0 Å². The first-order valence-electron chi connectivity index (χ1n) is 5.02. The van der Waals surface area contributed by atoms with Crippen LogP contribution < -0.4 is 5.73 Å². The van der Waals surface area contributed by atoms with Crippen LogP contribution in [-0.2, 0) is 0 Å². The molecule has 0 unspecified atom stereocenters. The molecule has 0 spiro atoms. The maximum Gasteiger partial charge on any atom is 0.253 e. The molecule has 4 heteroatoms. The summed E-state index contributed by atoms with van der Waals surface area (Å²) in [5.41, 5.74) is 8.24. The quantitative estimate of drug-likeness (QED) is 0.812. The number of carbonyl (C=O) groups excluding carboxylic acids is 1. The highest BCUT2D eigenvalue weighted by atomic mass is 32.1. The Bertz CT molecular complexity index is 409. The lowest BCUT2D eigenvalue weighted by atomic mass is 10.1. The molecule has 0 bridgehead atoms. The third-order valence-electron chi connectivity index (χ3n) is 2.21. The lowest BCUT2D eigenvalue weighted by molar-refractivity contribution is 0.0815. The molecule has 0 aliphatic rings. The molecular formula is C12H16N2OS. The largest absolute Gasteiger partial charge is 0.392 e. The summed E-state index contributed by atoms with van der Waals surface area (Å²) in [7, 11) is 1.69. The number of benzene rings is 1. The lowest BCUT2D eigenvalue weighted by Crippen LogP contribution is -2.34. The number of likely N-dealkylation sites (N-methyl/N-ethyl adjacent to an activating group) is 1. The molecule has 1 amide bonds. The van der Waals surface area contributed by atoms with E-state index < -0.39 is 0 Å². The number of nitrogens with two attached hydrogens (primary N) is 1. The van der Waals surface area contributed by atoms with Crippen LogP contribution in [0.15, 0.2) is 18.2 Å². The summed E-state index contributed by atoms with van der Waals surface area (Å²) in [6, 6.07) is 5.77. The van der Waals surface area contributed by atoms with Crippen LogP contribution in [0.3, 0.4) is 0 Å². The fourth-order valence-electron chi connectivity index (χ4n) is 1.62. The summed E-state index contributed by atoms with van der Waals surface area (Å²) in [5.74, 6) is -0.0559. The monoisotopic (exact) mass is 236 g/mol. The van der Waals surface area contributed by atoms with Crippen LogP contribution in [0, 0.1) is 13.8 Å². The Morgan fingerprint density at radius 2 is 1.81 bits per heavy atom. The summed E-state index contributed by atoms with van der Waals surface area (Å²) < 4.78 is 0. The van der Waals surface area contributed by atoms with Gasteiger partial charge in [0.2, 0.25) is 0 Å². The molecule has 0 aliphatic carbocycles. The van der Waals surface area contributed by atoms with Gasteiger partial charge in [0.05, 0.1) is 11.5 Å². The van der Waals surface area contributed by atoms with E-state index in [1.165, 1.54) is 4.90 Å². The average molecular weight is 236 g/mol. The van der Waals surface area contributed by atoms with Gasteiger partial charge in [0, 0.05) is 12.6 Å². The van der Waals surface area contributed by atoms with E-state index in [-0.39, 0.29) is 5.91 Å². The average Bonchev–Trinajstić information content (AvgIpc) is 2.13. The molecule has 86 valence electrons.